The van der Waals surface area contributed by atoms with Crippen molar-refractivity contribution in [1.29, 1.82) is 0 Å². The van der Waals surface area contributed by atoms with Crippen LogP contribution in [0.5, 0.6) is 5.75 Å². The monoisotopic (exact) mass is 274 g/mol. The van der Waals surface area contributed by atoms with E-state index < -0.39 is 40.3 Å². The van der Waals surface area contributed by atoms with E-state index in [0.29, 0.717) is 12.1 Å². The first-order chi connectivity index (χ1) is 8.80. The molecule has 0 unspecified atom stereocenters. The second-order valence-electron chi connectivity index (χ2n) is 3.83. The van der Waals surface area contributed by atoms with Crippen LogP contribution in [0.25, 0.3) is 11.1 Å². The van der Waals surface area contributed by atoms with Gasteiger partial charge in [0.05, 0.1) is 5.56 Å². The highest BCUT2D eigenvalue weighted by molar-refractivity contribution is 5.71. The van der Waals surface area contributed by atoms with Gasteiger partial charge in [0, 0.05) is 11.1 Å². The van der Waals surface area contributed by atoms with Gasteiger partial charge in [0.1, 0.15) is 5.75 Å². The number of phenolic OH excluding ortho intramolecular Hbond substituents is 1. The summed E-state index contributed by atoms with van der Waals surface area (Å²) in [6, 6.07) is 5.11. The van der Waals surface area contributed by atoms with Crippen LogP contribution in [0.2, 0.25) is 0 Å². The van der Waals surface area contributed by atoms with Gasteiger partial charge in [-0.3, -0.25) is 0 Å². The van der Waals surface area contributed by atoms with Crippen molar-refractivity contribution in [2.75, 3.05) is 0 Å². The predicted molar refractivity (Wildman–Crippen MR) is 58.5 cm³/mol. The van der Waals surface area contributed by atoms with Gasteiger partial charge in [-0.2, -0.15) is 13.2 Å². The Kier molecular flexibility index (Phi) is 3.18. The van der Waals surface area contributed by atoms with Crippen molar-refractivity contribution in [2.24, 2.45) is 0 Å². The molecule has 100 valence electrons. The average molecular weight is 274 g/mol. The minimum atomic E-state index is -4.63. The summed E-state index contributed by atoms with van der Waals surface area (Å²) in [6.07, 6.45) is -4.63. The van der Waals surface area contributed by atoms with Crippen LogP contribution in [-0.4, -0.2) is 5.11 Å². The molecule has 0 atom stereocenters. The maximum absolute atomic E-state index is 13.5. The zero-order valence-corrected chi connectivity index (χ0v) is 9.30. The number of hydrogen-bond acceptors (Lipinski definition) is 1. The van der Waals surface area contributed by atoms with Crippen LogP contribution in [-0.2, 0) is 6.18 Å². The minimum Gasteiger partial charge on any atom is -0.507 e. The highest BCUT2D eigenvalue weighted by Gasteiger charge is 2.31. The van der Waals surface area contributed by atoms with Crippen LogP contribution in [0.4, 0.5) is 22.0 Å². The summed E-state index contributed by atoms with van der Waals surface area (Å²) >= 11 is 0. The second-order valence-corrected chi connectivity index (χ2v) is 3.83. The van der Waals surface area contributed by atoms with E-state index in [4.69, 9.17) is 0 Å². The molecule has 1 N–H and O–H groups in total. The molecule has 0 aliphatic rings. The molecule has 0 spiro atoms. The highest BCUT2D eigenvalue weighted by atomic mass is 19.4. The SMILES string of the molecule is Oc1ccc(C(F)(F)F)cc1-c1cccc(F)c1F. The van der Waals surface area contributed by atoms with E-state index in [9.17, 15) is 27.1 Å². The van der Waals surface area contributed by atoms with E-state index in [1.807, 2.05) is 0 Å². The van der Waals surface area contributed by atoms with Crippen LogP contribution < -0.4 is 0 Å². The zero-order valence-electron chi connectivity index (χ0n) is 9.30. The van der Waals surface area contributed by atoms with E-state index >= 15 is 0 Å². The number of rotatable bonds is 1. The highest BCUT2D eigenvalue weighted by Crippen LogP contribution is 2.37. The van der Waals surface area contributed by atoms with Crippen molar-refractivity contribution in [1.82, 2.24) is 0 Å². The molecule has 0 heterocycles. The molecule has 6 heteroatoms. The molecular formula is C13H7F5O. The number of phenols is 1. The summed E-state index contributed by atoms with van der Waals surface area (Å²) in [6.45, 7) is 0. The van der Waals surface area contributed by atoms with E-state index in [1.54, 1.807) is 0 Å². The van der Waals surface area contributed by atoms with Gasteiger partial charge < -0.3 is 5.11 Å². The molecule has 0 fully saturated rings. The number of hydrogen-bond donors (Lipinski definition) is 1. The lowest BCUT2D eigenvalue weighted by atomic mass is 10.0. The lowest BCUT2D eigenvalue weighted by Crippen LogP contribution is -2.05. The molecule has 2 aromatic rings. The van der Waals surface area contributed by atoms with Gasteiger partial charge in [0.2, 0.25) is 0 Å². The molecule has 2 aromatic carbocycles. The lowest BCUT2D eigenvalue weighted by molar-refractivity contribution is -0.137. The van der Waals surface area contributed by atoms with Crippen molar-refractivity contribution in [3.8, 4) is 16.9 Å². The molecule has 19 heavy (non-hydrogen) atoms. The fraction of sp³-hybridized carbons (Fsp3) is 0.0769. The van der Waals surface area contributed by atoms with Crippen LogP contribution in [0.1, 0.15) is 5.56 Å². The average Bonchev–Trinajstić information content (AvgIpc) is 2.32. The summed E-state index contributed by atoms with van der Waals surface area (Å²) in [5.41, 5.74) is -1.89. The molecule has 0 saturated carbocycles. The van der Waals surface area contributed by atoms with E-state index in [-0.39, 0.29) is 0 Å². The van der Waals surface area contributed by atoms with Crippen molar-refractivity contribution in [3.05, 3.63) is 53.6 Å². The molecule has 0 amide bonds. The summed E-state index contributed by atoms with van der Waals surface area (Å²) in [7, 11) is 0. The third-order valence-corrected chi connectivity index (χ3v) is 2.57. The first-order valence-electron chi connectivity index (χ1n) is 5.15. The largest absolute Gasteiger partial charge is 0.507 e. The maximum Gasteiger partial charge on any atom is 0.416 e. The molecular weight excluding hydrogens is 267 g/mol. The molecule has 0 aliphatic carbocycles. The van der Waals surface area contributed by atoms with Crippen molar-refractivity contribution < 1.29 is 27.1 Å². The predicted octanol–water partition coefficient (Wildman–Crippen LogP) is 4.36. The smallest absolute Gasteiger partial charge is 0.416 e. The van der Waals surface area contributed by atoms with Gasteiger partial charge in [-0.1, -0.05) is 12.1 Å². The third kappa shape index (κ3) is 2.52. The van der Waals surface area contributed by atoms with Gasteiger partial charge in [0.25, 0.3) is 0 Å². The number of halogens is 5. The van der Waals surface area contributed by atoms with E-state index in [0.717, 1.165) is 24.3 Å². The molecule has 0 aromatic heterocycles. The van der Waals surface area contributed by atoms with Gasteiger partial charge in [-0.25, -0.2) is 8.78 Å². The van der Waals surface area contributed by atoms with Crippen molar-refractivity contribution in [3.63, 3.8) is 0 Å². The van der Waals surface area contributed by atoms with Crippen LogP contribution in [0, 0.1) is 11.6 Å². The zero-order chi connectivity index (χ0) is 14.2. The Balaban J connectivity index is 2.65. The topological polar surface area (TPSA) is 20.2 Å². The third-order valence-electron chi connectivity index (χ3n) is 2.57. The Bertz CT molecular complexity index is 619. The minimum absolute atomic E-state index is 0.410. The number of alkyl halides is 3. The van der Waals surface area contributed by atoms with Crippen LogP contribution in [0.3, 0.4) is 0 Å². The molecule has 0 saturated heterocycles. The van der Waals surface area contributed by atoms with Crippen molar-refractivity contribution in [2.45, 2.75) is 6.18 Å². The van der Waals surface area contributed by atoms with Crippen LogP contribution >= 0.6 is 0 Å². The van der Waals surface area contributed by atoms with E-state index in [2.05, 4.69) is 0 Å². The van der Waals surface area contributed by atoms with Gasteiger partial charge in [-0.15, -0.1) is 0 Å². The maximum atomic E-state index is 13.5. The molecule has 0 aliphatic heterocycles. The summed E-state index contributed by atoms with van der Waals surface area (Å²) in [4.78, 5) is 0. The molecule has 0 radical (unpaired) electrons. The molecule has 0 bridgehead atoms. The van der Waals surface area contributed by atoms with Crippen LogP contribution in [0.15, 0.2) is 36.4 Å². The molecule has 1 nitrogen and oxygen atoms in total. The Morgan fingerprint density at radius 2 is 1.58 bits per heavy atom. The number of benzene rings is 2. The standard InChI is InChI=1S/C13H7F5O/c14-10-3-1-2-8(12(10)15)9-6-7(13(16,17)18)4-5-11(9)19/h1-6,19H. The Morgan fingerprint density at radius 3 is 2.21 bits per heavy atom. The van der Waals surface area contributed by atoms with E-state index in [1.165, 1.54) is 0 Å². The summed E-state index contributed by atoms with van der Waals surface area (Å²) < 4.78 is 64.2. The Morgan fingerprint density at radius 1 is 0.895 bits per heavy atom. The fourth-order valence-electron chi connectivity index (χ4n) is 1.64. The number of aromatic hydroxyl groups is 1. The summed E-state index contributed by atoms with van der Waals surface area (Å²) in [5, 5.41) is 9.51. The van der Waals surface area contributed by atoms with Gasteiger partial charge >= 0.3 is 6.18 Å². The first kappa shape index (κ1) is 13.3. The normalized spacial score (nSPS) is 11.6. The Labute approximate surface area is 104 Å². The Hall–Kier alpha value is -2.11. The summed E-state index contributed by atoms with van der Waals surface area (Å²) in [5.74, 6) is -3.07. The fourth-order valence-corrected chi connectivity index (χ4v) is 1.64. The quantitative estimate of drug-likeness (QED) is 0.766. The second kappa shape index (κ2) is 4.53. The first-order valence-corrected chi connectivity index (χ1v) is 5.15. The molecule has 2 rings (SSSR count). The van der Waals surface area contributed by atoms with Gasteiger partial charge in [0.15, 0.2) is 11.6 Å². The van der Waals surface area contributed by atoms with Gasteiger partial charge in [-0.05, 0) is 24.3 Å². The lowest BCUT2D eigenvalue weighted by Gasteiger charge is -2.11. The van der Waals surface area contributed by atoms with Crippen molar-refractivity contribution >= 4 is 0 Å².